The molecule has 1 aromatic rings. The summed E-state index contributed by atoms with van der Waals surface area (Å²) in [5, 5.41) is 10.6. The van der Waals surface area contributed by atoms with Crippen molar-refractivity contribution in [3.05, 3.63) is 33.9 Å². The molecule has 0 aromatic heterocycles. The van der Waals surface area contributed by atoms with Gasteiger partial charge in [0.05, 0.1) is 23.2 Å². The Balaban J connectivity index is 3.25. The maximum absolute atomic E-state index is 11.4. The fourth-order valence-electron chi connectivity index (χ4n) is 0.990. The highest BCUT2D eigenvalue weighted by molar-refractivity contribution is 5.93. The Kier molecular flexibility index (Phi) is 2.12. The number of non-ortho nitro benzene ring substituents is 1. The van der Waals surface area contributed by atoms with Gasteiger partial charge >= 0.3 is 5.97 Å². The molecule has 0 aliphatic heterocycles. The third-order valence-corrected chi connectivity index (χ3v) is 1.69. The van der Waals surface area contributed by atoms with Crippen LogP contribution in [-0.2, 0) is 4.74 Å². The first-order chi connectivity index (χ1) is 8.24. The number of ether oxygens (including phenoxy) is 2. The second-order valence-electron chi connectivity index (χ2n) is 2.53. The number of benzene rings is 1. The Morgan fingerprint density at radius 3 is 2.87 bits per heavy atom. The van der Waals surface area contributed by atoms with E-state index in [9.17, 15) is 14.9 Å². The number of carbonyl (C=O) groups is 1. The fraction of sp³-hybridized carbons (Fsp3) is 0.222. The predicted molar refractivity (Wildman–Crippen MR) is 51.0 cm³/mol. The van der Waals surface area contributed by atoms with E-state index in [1.54, 1.807) is 0 Å². The Morgan fingerprint density at radius 2 is 2.33 bits per heavy atom. The summed E-state index contributed by atoms with van der Waals surface area (Å²) in [4.78, 5) is 21.2. The molecule has 15 heavy (non-hydrogen) atoms. The van der Waals surface area contributed by atoms with E-state index in [1.807, 2.05) is 0 Å². The number of hydrogen-bond acceptors (Lipinski definition) is 5. The van der Waals surface area contributed by atoms with E-state index in [0.717, 1.165) is 25.3 Å². The molecule has 0 atom stereocenters. The van der Waals surface area contributed by atoms with E-state index in [2.05, 4.69) is 9.47 Å². The average Bonchev–Trinajstić information content (AvgIpc) is 2.26. The van der Waals surface area contributed by atoms with Gasteiger partial charge in [-0.2, -0.15) is 0 Å². The third-order valence-electron chi connectivity index (χ3n) is 1.69. The summed E-state index contributed by atoms with van der Waals surface area (Å²) in [6.45, 7) is 0. The maximum Gasteiger partial charge on any atom is 0.341 e. The van der Waals surface area contributed by atoms with Crippen molar-refractivity contribution in [3.8, 4) is 5.75 Å². The molecule has 0 heterocycles. The molecular formula is C9H9NO5. The molecule has 0 saturated carbocycles. The lowest BCUT2D eigenvalue weighted by molar-refractivity contribution is -0.384. The molecule has 0 aliphatic carbocycles. The van der Waals surface area contributed by atoms with Gasteiger partial charge in [0.25, 0.3) is 5.69 Å². The smallest absolute Gasteiger partial charge is 0.341 e. The lowest BCUT2D eigenvalue weighted by atomic mass is 10.2. The molecule has 1 aromatic carbocycles. The molecule has 0 amide bonds. The number of esters is 1. The number of hydrogen-bond donors (Lipinski definition) is 0. The van der Waals surface area contributed by atoms with Crippen molar-refractivity contribution in [1.82, 2.24) is 0 Å². The zero-order valence-electron chi connectivity index (χ0n) is 10.7. The molecule has 1 rings (SSSR count). The zero-order valence-corrected chi connectivity index (χ0v) is 7.72. The SMILES string of the molecule is [2H]C([2H])([2H])Oc1ccc([N+](=O)[O-])cc1C(=O)OC. The van der Waals surface area contributed by atoms with Crippen molar-refractivity contribution in [2.45, 2.75) is 0 Å². The van der Waals surface area contributed by atoms with Gasteiger partial charge in [-0.25, -0.2) is 4.79 Å². The van der Waals surface area contributed by atoms with Gasteiger partial charge in [-0.3, -0.25) is 10.1 Å². The highest BCUT2D eigenvalue weighted by Gasteiger charge is 2.17. The molecule has 6 heteroatoms. The second kappa shape index (κ2) is 4.41. The van der Waals surface area contributed by atoms with Crippen molar-refractivity contribution in [3.63, 3.8) is 0 Å². The van der Waals surface area contributed by atoms with E-state index in [4.69, 9.17) is 4.11 Å². The van der Waals surface area contributed by atoms with Gasteiger partial charge < -0.3 is 9.47 Å². The number of carbonyl (C=O) groups excluding carboxylic acids is 1. The average molecular weight is 214 g/mol. The summed E-state index contributed by atoms with van der Waals surface area (Å²) in [6.07, 6.45) is 0. The normalized spacial score (nSPS) is 13.3. The molecule has 0 bridgehead atoms. The van der Waals surface area contributed by atoms with Crippen molar-refractivity contribution >= 4 is 11.7 Å². The number of rotatable bonds is 3. The van der Waals surface area contributed by atoms with Crippen LogP contribution >= 0.6 is 0 Å². The van der Waals surface area contributed by atoms with Gasteiger partial charge in [0, 0.05) is 12.1 Å². The van der Waals surface area contributed by atoms with Crippen LogP contribution in [0.4, 0.5) is 5.69 Å². The van der Waals surface area contributed by atoms with Crippen molar-refractivity contribution in [2.75, 3.05) is 14.1 Å². The van der Waals surface area contributed by atoms with Gasteiger partial charge in [-0.1, -0.05) is 0 Å². The summed E-state index contributed by atoms with van der Waals surface area (Å²) < 4.78 is 29.7. The van der Waals surface area contributed by atoms with Crippen molar-refractivity contribution in [1.29, 1.82) is 0 Å². The topological polar surface area (TPSA) is 78.7 Å². The molecule has 0 aliphatic rings. The Bertz CT molecular complexity index is 486. The minimum atomic E-state index is -2.76. The van der Waals surface area contributed by atoms with Crippen LogP contribution in [-0.4, -0.2) is 25.0 Å². The number of methoxy groups -OCH3 is 2. The molecule has 0 N–H and O–H groups in total. The Morgan fingerprint density at radius 1 is 1.60 bits per heavy atom. The summed E-state index contributed by atoms with van der Waals surface area (Å²) in [6, 6.07) is 2.97. The van der Waals surface area contributed by atoms with Crippen LogP contribution in [0, 0.1) is 10.1 Å². The molecule has 80 valence electrons. The van der Waals surface area contributed by atoms with Gasteiger partial charge in [0.2, 0.25) is 0 Å². The van der Waals surface area contributed by atoms with E-state index >= 15 is 0 Å². The quantitative estimate of drug-likeness (QED) is 0.431. The molecule has 0 spiro atoms. The van der Waals surface area contributed by atoms with E-state index in [-0.39, 0.29) is 17.0 Å². The van der Waals surface area contributed by atoms with Crippen LogP contribution in [0.2, 0.25) is 0 Å². The van der Waals surface area contributed by atoms with Gasteiger partial charge in [-0.05, 0) is 6.07 Å². The highest BCUT2D eigenvalue weighted by atomic mass is 16.6. The van der Waals surface area contributed by atoms with Crippen LogP contribution in [0.3, 0.4) is 0 Å². The summed E-state index contributed by atoms with van der Waals surface area (Å²) in [5.74, 6) is -1.22. The highest BCUT2D eigenvalue weighted by Crippen LogP contribution is 2.24. The fourth-order valence-corrected chi connectivity index (χ4v) is 0.990. The summed E-state index contributed by atoms with van der Waals surface area (Å²) in [7, 11) is -1.70. The van der Waals surface area contributed by atoms with E-state index in [0.29, 0.717) is 0 Å². The van der Waals surface area contributed by atoms with Crippen LogP contribution in [0.1, 0.15) is 14.5 Å². The molecule has 0 radical (unpaired) electrons. The van der Waals surface area contributed by atoms with E-state index in [1.165, 1.54) is 0 Å². The minimum Gasteiger partial charge on any atom is -0.496 e. The Hall–Kier alpha value is -2.11. The molecular weight excluding hydrogens is 202 g/mol. The first-order valence-corrected chi connectivity index (χ1v) is 3.80. The predicted octanol–water partition coefficient (Wildman–Crippen LogP) is 1.39. The molecule has 0 fully saturated rings. The summed E-state index contributed by atoms with van der Waals surface area (Å²) in [5.41, 5.74) is -0.684. The van der Waals surface area contributed by atoms with Gasteiger partial charge in [0.1, 0.15) is 11.3 Å². The number of nitrogens with zero attached hydrogens (tertiary/aromatic N) is 1. The van der Waals surface area contributed by atoms with Gasteiger partial charge in [-0.15, -0.1) is 0 Å². The minimum absolute atomic E-state index is 0.299. The monoisotopic (exact) mass is 214 g/mol. The summed E-state index contributed by atoms with van der Waals surface area (Å²) >= 11 is 0. The van der Waals surface area contributed by atoms with E-state index < -0.39 is 17.9 Å². The maximum atomic E-state index is 11.4. The lowest BCUT2D eigenvalue weighted by Crippen LogP contribution is -2.04. The standard InChI is InChI=1S/C9H9NO5/c1-14-8-4-3-6(10(12)13)5-7(8)9(11)15-2/h3-5H,1-2H3/i1D3. The largest absolute Gasteiger partial charge is 0.496 e. The van der Waals surface area contributed by atoms with Gasteiger partial charge in [0.15, 0.2) is 0 Å². The lowest BCUT2D eigenvalue weighted by Gasteiger charge is -2.05. The number of nitro benzene ring substituents is 1. The molecule has 0 saturated heterocycles. The van der Waals surface area contributed by atoms with Crippen LogP contribution in [0.25, 0.3) is 0 Å². The van der Waals surface area contributed by atoms with Crippen molar-refractivity contribution < 1.29 is 23.3 Å². The Labute approximate surface area is 89.8 Å². The van der Waals surface area contributed by atoms with Crippen LogP contribution in [0.5, 0.6) is 5.75 Å². The third kappa shape index (κ3) is 2.22. The zero-order chi connectivity index (χ0) is 13.9. The van der Waals surface area contributed by atoms with Crippen LogP contribution < -0.4 is 4.74 Å². The second-order valence-corrected chi connectivity index (χ2v) is 2.53. The molecule has 0 unspecified atom stereocenters. The van der Waals surface area contributed by atoms with Crippen molar-refractivity contribution in [2.24, 2.45) is 0 Å². The van der Waals surface area contributed by atoms with Crippen LogP contribution in [0.15, 0.2) is 18.2 Å². The first kappa shape index (κ1) is 7.22. The number of nitro groups is 1. The molecule has 6 nitrogen and oxygen atoms in total. The first-order valence-electron chi connectivity index (χ1n) is 5.30.